The van der Waals surface area contributed by atoms with Gasteiger partial charge in [-0.15, -0.1) is 0 Å². The van der Waals surface area contributed by atoms with E-state index < -0.39 is 11.5 Å². The first kappa shape index (κ1) is 17.8. The number of amides is 1. The zero-order valence-corrected chi connectivity index (χ0v) is 14.3. The lowest BCUT2D eigenvalue weighted by atomic mass is 9.95. The van der Waals surface area contributed by atoms with E-state index in [9.17, 15) is 14.7 Å². The van der Waals surface area contributed by atoms with E-state index in [2.05, 4.69) is 5.32 Å². The summed E-state index contributed by atoms with van der Waals surface area (Å²) in [7, 11) is 1.60. The Morgan fingerprint density at radius 1 is 1.25 bits per heavy atom. The summed E-state index contributed by atoms with van der Waals surface area (Å²) in [5.41, 5.74) is -0.401. The lowest BCUT2D eigenvalue weighted by molar-refractivity contribution is -0.147. The second-order valence-corrected chi connectivity index (χ2v) is 6.12. The van der Waals surface area contributed by atoms with E-state index in [-0.39, 0.29) is 12.3 Å². The van der Waals surface area contributed by atoms with Gasteiger partial charge in [-0.05, 0) is 41.8 Å². The number of aliphatic carboxylic acids is 1. The number of hydrogen-bond donors (Lipinski definition) is 2. The largest absolute Gasteiger partial charge is 0.497 e. The molecule has 0 bridgehead atoms. The van der Waals surface area contributed by atoms with Crippen molar-refractivity contribution in [3.8, 4) is 5.75 Å². The molecule has 0 heterocycles. The van der Waals surface area contributed by atoms with E-state index in [4.69, 9.17) is 4.74 Å². The molecule has 24 heavy (non-hydrogen) atoms. The van der Waals surface area contributed by atoms with Gasteiger partial charge in [0.25, 0.3) is 0 Å². The van der Waals surface area contributed by atoms with Gasteiger partial charge in [-0.2, -0.15) is 0 Å². The number of carbonyl (C=O) groups is 2. The third-order valence-electron chi connectivity index (χ3n) is 4.17. The van der Waals surface area contributed by atoms with E-state index in [0.29, 0.717) is 12.8 Å². The van der Waals surface area contributed by atoms with Crippen LogP contribution in [-0.4, -0.2) is 29.6 Å². The molecular weight excluding hydrogens is 306 g/mol. The zero-order chi connectivity index (χ0) is 17.7. The minimum absolute atomic E-state index is 0.122. The molecule has 1 atom stereocenters. The molecule has 1 amide bonds. The average molecular weight is 329 g/mol. The smallest absolute Gasteiger partial charge is 0.329 e. The molecule has 5 heteroatoms. The van der Waals surface area contributed by atoms with Gasteiger partial charge in [-0.3, -0.25) is 4.79 Å². The topological polar surface area (TPSA) is 75.6 Å². The highest BCUT2D eigenvalue weighted by atomic mass is 16.5. The predicted octanol–water partition coefficient (Wildman–Crippen LogP) is 3.15. The molecule has 2 N–H and O–H groups in total. The number of hydrogen-bond acceptors (Lipinski definition) is 3. The number of rotatable bonds is 7. The quantitative estimate of drug-likeness (QED) is 0.818. The van der Waals surface area contributed by atoms with E-state index in [0.717, 1.165) is 22.1 Å². The third-order valence-corrected chi connectivity index (χ3v) is 4.17. The van der Waals surface area contributed by atoms with Crippen LogP contribution in [0.2, 0.25) is 0 Å². The number of benzene rings is 2. The van der Waals surface area contributed by atoms with Gasteiger partial charge in [-0.1, -0.05) is 37.6 Å². The fourth-order valence-electron chi connectivity index (χ4n) is 2.85. The Morgan fingerprint density at radius 2 is 2.00 bits per heavy atom. The summed E-state index contributed by atoms with van der Waals surface area (Å²) in [6, 6.07) is 11.4. The van der Waals surface area contributed by atoms with Gasteiger partial charge >= 0.3 is 5.97 Å². The number of carbonyl (C=O) groups excluding carboxylic acids is 1. The van der Waals surface area contributed by atoms with Gasteiger partial charge in [0.15, 0.2) is 0 Å². The SMILES string of the molecule is CCCC(C)(NC(=O)Cc1cccc2ccc(OC)cc12)C(=O)O. The van der Waals surface area contributed by atoms with Crippen LogP contribution in [0.4, 0.5) is 0 Å². The maximum atomic E-state index is 12.4. The van der Waals surface area contributed by atoms with Gasteiger partial charge in [0, 0.05) is 0 Å². The first-order chi connectivity index (χ1) is 11.4. The molecule has 0 spiro atoms. The van der Waals surface area contributed by atoms with E-state index in [1.165, 1.54) is 0 Å². The van der Waals surface area contributed by atoms with E-state index in [1.807, 2.05) is 43.3 Å². The average Bonchev–Trinajstić information content (AvgIpc) is 2.54. The summed E-state index contributed by atoms with van der Waals surface area (Å²) in [5, 5.41) is 14.0. The van der Waals surface area contributed by atoms with Crippen molar-refractivity contribution in [2.24, 2.45) is 0 Å². The van der Waals surface area contributed by atoms with Crippen LogP contribution in [0.1, 0.15) is 32.3 Å². The Morgan fingerprint density at radius 3 is 2.62 bits per heavy atom. The summed E-state index contributed by atoms with van der Waals surface area (Å²) < 4.78 is 5.25. The van der Waals surface area contributed by atoms with Crippen LogP contribution in [-0.2, 0) is 16.0 Å². The second kappa shape index (κ2) is 7.34. The third kappa shape index (κ3) is 3.85. The van der Waals surface area contributed by atoms with Crippen molar-refractivity contribution in [2.75, 3.05) is 7.11 Å². The van der Waals surface area contributed by atoms with Gasteiger partial charge in [0.1, 0.15) is 11.3 Å². The van der Waals surface area contributed by atoms with Crippen molar-refractivity contribution in [1.82, 2.24) is 5.32 Å². The lowest BCUT2D eigenvalue weighted by Crippen LogP contribution is -2.52. The Bertz CT molecular complexity index is 756. The molecular formula is C19H23NO4. The number of fused-ring (bicyclic) bond motifs is 1. The highest BCUT2D eigenvalue weighted by Gasteiger charge is 2.33. The summed E-state index contributed by atoms with van der Waals surface area (Å²) in [6.07, 6.45) is 1.18. The molecule has 128 valence electrons. The van der Waals surface area contributed by atoms with Crippen molar-refractivity contribution < 1.29 is 19.4 Å². The van der Waals surface area contributed by atoms with Crippen molar-refractivity contribution in [3.63, 3.8) is 0 Å². The van der Waals surface area contributed by atoms with Gasteiger partial charge < -0.3 is 15.2 Å². The molecule has 0 saturated carbocycles. The Kier molecular flexibility index (Phi) is 5.44. The van der Waals surface area contributed by atoms with Crippen LogP contribution in [0.5, 0.6) is 5.75 Å². The monoisotopic (exact) mass is 329 g/mol. The molecule has 0 saturated heterocycles. The maximum absolute atomic E-state index is 12.4. The summed E-state index contributed by atoms with van der Waals surface area (Å²) >= 11 is 0. The minimum atomic E-state index is -1.24. The number of nitrogens with one attached hydrogen (secondary N) is 1. The Hall–Kier alpha value is -2.56. The molecule has 0 fully saturated rings. The molecule has 0 aliphatic heterocycles. The Balaban J connectivity index is 2.25. The van der Waals surface area contributed by atoms with Crippen molar-refractivity contribution in [3.05, 3.63) is 42.0 Å². The van der Waals surface area contributed by atoms with Gasteiger partial charge in [0.05, 0.1) is 13.5 Å². The van der Waals surface area contributed by atoms with Crippen molar-refractivity contribution in [1.29, 1.82) is 0 Å². The summed E-state index contributed by atoms with van der Waals surface area (Å²) in [5.74, 6) is -0.599. The van der Waals surface area contributed by atoms with Crippen LogP contribution < -0.4 is 10.1 Å². The molecule has 2 aromatic rings. The van der Waals surface area contributed by atoms with E-state index >= 15 is 0 Å². The molecule has 0 aliphatic carbocycles. The molecule has 2 rings (SSSR count). The summed E-state index contributed by atoms with van der Waals surface area (Å²) in [4.78, 5) is 23.9. The zero-order valence-electron chi connectivity index (χ0n) is 14.3. The standard InChI is InChI=1S/C19H23NO4/c1-4-10-19(2,18(22)23)20-17(21)11-14-7-5-6-13-8-9-15(24-3)12-16(13)14/h5-9,12H,4,10-11H2,1-3H3,(H,20,21)(H,22,23). The normalized spacial score (nSPS) is 13.3. The van der Waals surface area contributed by atoms with Crippen LogP contribution in [0, 0.1) is 0 Å². The first-order valence-corrected chi connectivity index (χ1v) is 7.99. The first-order valence-electron chi connectivity index (χ1n) is 7.99. The molecule has 1 unspecified atom stereocenters. The highest BCUT2D eigenvalue weighted by molar-refractivity contribution is 5.93. The van der Waals surface area contributed by atoms with Crippen LogP contribution in [0.25, 0.3) is 10.8 Å². The van der Waals surface area contributed by atoms with Crippen LogP contribution in [0.3, 0.4) is 0 Å². The highest BCUT2D eigenvalue weighted by Crippen LogP contribution is 2.24. The Labute approximate surface area is 141 Å². The fraction of sp³-hybridized carbons (Fsp3) is 0.368. The molecule has 0 radical (unpaired) electrons. The maximum Gasteiger partial charge on any atom is 0.329 e. The van der Waals surface area contributed by atoms with Crippen molar-refractivity contribution >= 4 is 22.6 Å². The lowest BCUT2D eigenvalue weighted by Gasteiger charge is -2.26. The fourth-order valence-corrected chi connectivity index (χ4v) is 2.85. The molecule has 2 aromatic carbocycles. The van der Waals surface area contributed by atoms with Crippen molar-refractivity contribution in [2.45, 2.75) is 38.6 Å². The minimum Gasteiger partial charge on any atom is -0.497 e. The number of carboxylic acid groups (broad SMARTS) is 1. The van der Waals surface area contributed by atoms with Gasteiger partial charge in [-0.25, -0.2) is 4.79 Å². The van der Waals surface area contributed by atoms with E-state index in [1.54, 1.807) is 14.0 Å². The van der Waals surface area contributed by atoms with Crippen LogP contribution in [0.15, 0.2) is 36.4 Å². The number of ether oxygens (including phenoxy) is 1. The second-order valence-electron chi connectivity index (χ2n) is 6.12. The number of methoxy groups -OCH3 is 1. The number of carboxylic acids is 1. The predicted molar refractivity (Wildman–Crippen MR) is 93.3 cm³/mol. The molecule has 5 nitrogen and oxygen atoms in total. The summed E-state index contributed by atoms with van der Waals surface area (Å²) in [6.45, 7) is 3.44. The van der Waals surface area contributed by atoms with Crippen LogP contribution >= 0.6 is 0 Å². The van der Waals surface area contributed by atoms with Gasteiger partial charge in [0.2, 0.25) is 5.91 Å². The molecule has 0 aliphatic rings. The molecule has 0 aromatic heterocycles.